The summed E-state index contributed by atoms with van der Waals surface area (Å²) in [6.07, 6.45) is 4.64. The van der Waals surface area contributed by atoms with Crippen LogP contribution in [0.5, 0.6) is 0 Å². The maximum absolute atomic E-state index is 2.36. The average Bonchev–Trinajstić information content (AvgIpc) is 2.86. The number of fused-ring (bicyclic) bond motifs is 1. The van der Waals surface area contributed by atoms with Crippen LogP contribution in [0.25, 0.3) is 6.08 Å². The van der Waals surface area contributed by atoms with Gasteiger partial charge >= 0.3 is 116 Å². The molecule has 0 radical (unpaired) electrons. The van der Waals surface area contributed by atoms with E-state index in [1.54, 1.807) is 8.90 Å². The molecule has 4 heteroatoms. The smallest absolute Gasteiger partial charge is 1.00 e. The fourth-order valence-corrected chi connectivity index (χ4v) is 4.87. The van der Waals surface area contributed by atoms with Crippen molar-refractivity contribution >= 4 is 17.9 Å². The van der Waals surface area contributed by atoms with Gasteiger partial charge in [-0.25, -0.2) is 0 Å². The Morgan fingerprint density at radius 2 is 1.74 bits per heavy atom. The Morgan fingerprint density at radius 3 is 2.37 bits per heavy atom. The second-order valence-corrected chi connectivity index (χ2v) is 7.48. The molecule has 1 aromatic heterocycles. The Bertz CT molecular complexity index is 617. The molecule has 3 rings (SSSR count). The predicted octanol–water partition coefficient (Wildman–Crippen LogP) is -2.33. The van der Waals surface area contributed by atoms with Gasteiger partial charge in [0.05, 0.1) is 0 Å². The number of hydrogen-bond donors (Lipinski definition) is 0. The quantitative estimate of drug-likeness (QED) is 0.510. The third kappa shape index (κ3) is 2.89. The normalized spacial score (nSPS) is 16.1. The van der Waals surface area contributed by atoms with E-state index in [-0.39, 0.29) is 24.8 Å². The molecule has 1 aliphatic rings. The minimum Gasteiger partial charge on any atom is -1.00 e. The Kier molecular flexibility index (Phi) is 5.99. The first-order chi connectivity index (χ1) is 8.18. The van der Waals surface area contributed by atoms with Crippen LogP contribution in [-0.2, 0) is 20.4 Å². The molecule has 0 bridgehead atoms. The summed E-state index contributed by atoms with van der Waals surface area (Å²) in [7, 11) is 0.888. The monoisotopic (exact) mass is 343 g/mol. The van der Waals surface area contributed by atoms with Gasteiger partial charge in [0.25, 0.3) is 0 Å². The molecule has 0 nitrogen and oxygen atoms in total. The van der Waals surface area contributed by atoms with Crippen molar-refractivity contribution in [2.75, 3.05) is 0 Å². The first-order valence-electron chi connectivity index (χ1n) is 5.86. The fraction of sp³-hybridized carbons (Fsp3) is 0.200. The molecular formula is C15H14Cl2PTi. The van der Waals surface area contributed by atoms with E-state index in [9.17, 15) is 0 Å². The van der Waals surface area contributed by atoms with E-state index in [4.69, 9.17) is 0 Å². The summed E-state index contributed by atoms with van der Waals surface area (Å²) in [5.41, 5.74) is 5.91. The molecule has 19 heavy (non-hydrogen) atoms. The van der Waals surface area contributed by atoms with E-state index in [0.29, 0.717) is 5.92 Å². The van der Waals surface area contributed by atoms with Crippen molar-refractivity contribution in [3.8, 4) is 0 Å². The van der Waals surface area contributed by atoms with Crippen molar-refractivity contribution in [2.24, 2.45) is 0 Å². The number of benzene rings is 1. The van der Waals surface area contributed by atoms with Crippen LogP contribution in [0.2, 0.25) is 0 Å². The molecule has 2 unspecified atom stereocenters. The first kappa shape index (κ1) is 17.1. The SMILES string of the molecule is Cc1[c]([Ti+2])[pH]c(C2C=Cc3ccccc32)c1C.[Cl-].[Cl-]. The standard InChI is InChI=1S/C15H14P.2ClH.Ti/c1-10-9-16-15(11(10)2)14-8-7-12-5-3-4-6-13(12)14;;;/h3-8,14,16H,1-2H3;2*1H;/q;;;+2/p-2. The third-order valence-corrected chi connectivity index (χ3v) is 6.46. The summed E-state index contributed by atoms with van der Waals surface area (Å²) in [5, 5.41) is 1.63. The van der Waals surface area contributed by atoms with Gasteiger partial charge in [-0.1, -0.05) is 0 Å². The third-order valence-electron chi connectivity index (χ3n) is 3.71. The zero-order chi connectivity index (χ0) is 12.0. The summed E-state index contributed by atoms with van der Waals surface area (Å²) in [5.74, 6) is 0.525. The van der Waals surface area contributed by atoms with E-state index in [1.807, 2.05) is 0 Å². The van der Waals surface area contributed by atoms with Crippen LogP contribution in [0.15, 0.2) is 30.3 Å². The van der Waals surface area contributed by atoms with Crippen LogP contribution in [0, 0.1) is 13.8 Å². The van der Waals surface area contributed by atoms with E-state index < -0.39 is 0 Å². The molecule has 0 N–H and O–H groups in total. The predicted molar refractivity (Wildman–Crippen MR) is 72.4 cm³/mol. The Morgan fingerprint density at radius 1 is 1.05 bits per heavy atom. The number of hydrogen-bond acceptors (Lipinski definition) is 0. The van der Waals surface area contributed by atoms with Gasteiger partial charge in [-0.05, 0) is 0 Å². The minimum atomic E-state index is 0. The Hall–Kier alpha value is 0.0343. The van der Waals surface area contributed by atoms with Gasteiger partial charge in [0.2, 0.25) is 0 Å². The molecule has 97 valence electrons. The molecule has 2 atom stereocenters. The van der Waals surface area contributed by atoms with Crippen molar-refractivity contribution in [1.29, 1.82) is 0 Å². The fourth-order valence-electron chi connectivity index (χ4n) is 2.52. The molecule has 0 spiro atoms. The molecule has 0 fully saturated rings. The van der Waals surface area contributed by atoms with Crippen molar-refractivity contribution in [3.05, 3.63) is 57.9 Å². The van der Waals surface area contributed by atoms with Gasteiger partial charge in [-0.3, -0.25) is 0 Å². The molecule has 1 heterocycles. The van der Waals surface area contributed by atoms with Gasteiger partial charge in [-0.15, -0.1) is 0 Å². The Labute approximate surface area is 140 Å². The van der Waals surface area contributed by atoms with Crippen LogP contribution >= 0.6 is 8.19 Å². The van der Waals surface area contributed by atoms with E-state index in [1.165, 1.54) is 22.3 Å². The van der Waals surface area contributed by atoms with Gasteiger partial charge in [0, 0.05) is 0 Å². The van der Waals surface area contributed by atoms with E-state index in [0.717, 1.165) is 8.19 Å². The summed E-state index contributed by atoms with van der Waals surface area (Å²) >= 11 is 2.27. The average molecular weight is 344 g/mol. The van der Waals surface area contributed by atoms with Crippen LogP contribution in [0.1, 0.15) is 33.5 Å². The van der Waals surface area contributed by atoms with Gasteiger partial charge in [-0.2, -0.15) is 0 Å². The van der Waals surface area contributed by atoms with Crippen LogP contribution in [0.4, 0.5) is 0 Å². The number of rotatable bonds is 1. The maximum atomic E-state index is 2.36. The molecule has 0 saturated heterocycles. The zero-order valence-corrected chi connectivity index (χ0v) is 14.9. The molecule has 1 aromatic carbocycles. The van der Waals surface area contributed by atoms with Gasteiger partial charge in [0.1, 0.15) is 0 Å². The van der Waals surface area contributed by atoms with Crippen LogP contribution < -0.4 is 28.4 Å². The summed E-state index contributed by atoms with van der Waals surface area (Å²) in [4.78, 5) is 0. The van der Waals surface area contributed by atoms with Crippen molar-refractivity contribution < 1.29 is 45.2 Å². The Balaban J connectivity index is 0.000000902. The van der Waals surface area contributed by atoms with Gasteiger partial charge < -0.3 is 24.8 Å². The molecule has 0 saturated carbocycles. The topological polar surface area (TPSA) is 0 Å². The zero-order valence-electron chi connectivity index (χ0n) is 10.8. The summed E-state index contributed by atoms with van der Waals surface area (Å²) in [6, 6.07) is 8.76. The molecule has 2 aromatic rings. The number of allylic oxidation sites excluding steroid dienone is 1. The van der Waals surface area contributed by atoms with E-state index in [2.05, 4.69) is 70.7 Å². The van der Waals surface area contributed by atoms with Crippen molar-refractivity contribution in [3.63, 3.8) is 0 Å². The van der Waals surface area contributed by atoms with Crippen LogP contribution in [0.3, 0.4) is 0 Å². The molecule has 1 aliphatic carbocycles. The molecular weight excluding hydrogens is 330 g/mol. The number of halogens is 2. The van der Waals surface area contributed by atoms with Crippen molar-refractivity contribution in [1.82, 2.24) is 0 Å². The largest absolute Gasteiger partial charge is 1.00 e. The second-order valence-electron chi connectivity index (χ2n) is 4.63. The van der Waals surface area contributed by atoms with Crippen LogP contribution in [-0.4, -0.2) is 0 Å². The second kappa shape index (κ2) is 6.66. The summed E-state index contributed by atoms with van der Waals surface area (Å²) < 4.78 is 1.57. The summed E-state index contributed by atoms with van der Waals surface area (Å²) in [6.45, 7) is 4.54. The van der Waals surface area contributed by atoms with Gasteiger partial charge in [0.15, 0.2) is 0 Å². The first-order valence-corrected chi connectivity index (χ1v) is 7.64. The van der Waals surface area contributed by atoms with Crippen molar-refractivity contribution in [2.45, 2.75) is 19.8 Å². The maximum Gasteiger partial charge on any atom is -1.00 e. The van der Waals surface area contributed by atoms with E-state index >= 15 is 0 Å². The molecule has 0 aliphatic heterocycles. The minimum absolute atomic E-state index is 0. The molecule has 0 amide bonds.